The second-order valence-corrected chi connectivity index (χ2v) is 5.88. The van der Waals surface area contributed by atoms with Gasteiger partial charge in [0.2, 0.25) is 5.91 Å². The largest absolute Gasteiger partial charge is 0.338 e. The van der Waals surface area contributed by atoms with Crippen LogP contribution in [0.15, 0.2) is 24.3 Å². The van der Waals surface area contributed by atoms with Gasteiger partial charge in [-0.25, -0.2) is 0 Å². The van der Waals surface area contributed by atoms with Crippen LogP contribution in [0.4, 0.5) is 0 Å². The van der Waals surface area contributed by atoms with Crippen molar-refractivity contribution in [3.05, 3.63) is 35.4 Å². The van der Waals surface area contributed by atoms with E-state index in [9.17, 15) is 4.79 Å². The average molecular weight is 268 g/mol. The van der Waals surface area contributed by atoms with Gasteiger partial charge >= 0.3 is 0 Å². The van der Waals surface area contributed by atoms with E-state index in [1.807, 2.05) is 4.90 Å². The zero-order valence-corrected chi connectivity index (χ0v) is 11.7. The third kappa shape index (κ3) is 2.70. The van der Waals surface area contributed by atoms with Gasteiger partial charge in [0, 0.05) is 18.5 Å². The molecule has 104 valence electrons. The van der Waals surface area contributed by atoms with Gasteiger partial charge in [0.1, 0.15) is 0 Å². The minimum Gasteiger partial charge on any atom is -0.338 e. The number of nitriles is 1. The SMILES string of the molecule is N#CCCN(C(=O)C1CCc2ccccc2C1)C1CC1. The van der Waals surface area contributed by atoms with Crippen molar-refractivity contribution >= 4 is 5.91 Å². The number of amides is 1. The van der Waals surface area contributed by atoms with Gasteiger partial charge in [0.25, 0.3) is 0 Å². The van der Waals surface area contributed by atoms with Crippen molar-refractivity contribution in [1.29, 1.82) is 5.26 Å². The molecule has 1 saturated carbocycles. The molecule has 3 nitrogen and oxygen atoms in total. The molecule has 1 aromatic carbocycles. The number of hydrogen-bond acceptors (Lipinski definition) is 2. The molecule has 0 heterocycles. The summed E-state index contributed by atoms with van der Waals surface area (Å²) >= 11 is 0. The van der Waals surface area contributed by atoms with E-state index in [1.165, 1.54) is 11.1 Å². The quantitative estimate of drug-likeness (QED) is 0.842. The van der Waals surface area contributed by atoms with Crippen LogP contribution in [0.2, 0.25) is 0 Å². The molecular formula is C17H20N2O. The summed E-state index contributed by atoms with van der Waals surface area (Å²) in [5.74, 6) is 0.390. The highest BCUT2D eigenvalue weighted by atomic mass is 16.2. The van der Waals surface area contributed by atoms with Gasteiger partial charge in [-0.1, -0.05) is 24.3 Å². The summed E-state index contributed by atoms with van der Waals surface area (Å²) in [6.07, 6.45) is 5.49. The van der Waals surface area contributed by atoms with Crippen molar-refractivity contribution in [3.63, 3.8) is 0 Å². The lowest BCUT2D eigenvalue weighted by molar-refractivity contribution is -0.136. The number of carbonyl (C=O) groups is 1. The average Bonchev–Trinajstić information content (AvgIpc) is 3.32. The zero-order valence-electron chi connectivity index (χ0n) is 11.7. The standard InChI is InChI=1S/C17H20N2O/c18-10-3-11-19(16-8-9-16)17(20)15-7-6-13-4-1-2-5-14(13)12-15/h1-2,4-5,15-16H,3,6-9,11-12H2. The summed E-state index contributed by atoms with van der Waals surface area (Å²) in [4.78, 5) is 14.7. The number of aryl methyl sites for hydroxylation is 1. The van der Waals surface area contributed by atoms with Crippen molar-refractivity contribution < 1.29 is 4.79 Å². The third-order valence-corrected chi connectivity index (χ3v) is 4.43. The van der Waals surface area contributed by atoms with Gasteiger partial charge in [-0.2, -0.15) is 5.26 Å². The first-order chi connectivity index (χ1) is 9.79. The number of fused-ring (bicyclic) bond motifs is 1. The fraction of sp³-hybridized carbons (Fsp3) is 0.529. The Hall–Kier alpha value is -1.82. The number of rotatable bonds is 4. The number of hydrogen-bond donors (Lipinski definition) is 0. The Balaban J connectivity index is 1.70. The number of benzene rings is 1. The third-order valence-electron chi connectivity index (χ3n) is 4.43. The predicted molar refractivity (Wildman–Crippen MR) is 76.9 cm³/mol. The molecule has 0 N–H and O–H groups in total. The van der Waals surface area contributed by atoms with E-state index >= 15 is 0 Å². The topological polar surface area (TPSA) is 44.1 Å². The molecule has 0 saturated heterocycles. The Kier molecular flexibility index (Phi) is 3.73. The first kappa shape index (κ1) is 13.2. The lowest BCUT2D eigenvalue weighted by atomic mass is 9.83. The van der Waals surface area contributed by atoms with Crippen molar-refractivity contribution in [2.75, 3.05) is 6.54 Å². The molecule has 2 aliphatic rings. The molecule has 20 heavy (non-hydrogen) atoms. The summed E-state index contributed by atoms with van der Waals surface area (Å²) in [6, 6.07) is 11.0. The highest BCUT2D eigenvalue weighted by molar-refractivity contribution is 5.80. The van der Waals surface area contributed by atoms with E-state index in [0.29, 0.717) is 19.0 Å². The van der Waals surface area contributed by atoms with Crippen molar-refractivity contribution in [3.8, 4) is 6.07 Å². The molecule has 0 spiro atoms. The van der Waals surface area contributed by atoms with Gasteiger partial charge in [0.05, 0.1) is 12.5 Å². The summed E-state index contributed by atoms with van der Waals surface area (Å²) < 4.78 is 0. The molecular weight excluding hydrogens is 248 g/mol. The summed E-state index contributed by atoms with van der Waals surface area (Å²) in [5.41, 5.74) is 2.72. The second kappa shape index (κ2) is 5.66. The van der Waals surface area contributed by atoms with Crippen LogP contribution in [0, 0.1) is 17.2 Å². The fourth-order valence-corrected chi connectivity index (χ4v) is 3.17. The smallest absolute Gasteiger partial charge is 0.226 e. The van der Waals surface area contributed by atoms with Crippen LogP contribution in [-0.2, 0) is 17.6 Å². The molecule has 0 bridgehead atoms. The molecule has 2 aliphatic carbocycles. The van der Waals surface area contributed by atoms with E-state index in [0.717, 1.165) is 32.1 Å². The molecule has 1 atom stereocenters. The van der Waals surface area contributed by atoms with Crippen molar-refractivity contribution in [2.45, 2.75) is 44.6 Å². The molecule has 0 aliphatic heterocycles. The van der Waals surface area contributed by atoms with Crippen LogP contribution in [0.3, 0.4) is 0 Å². The Morgan fingerprint density at radius 1 is 1.25 bits per heavy atom. The van der Waals surface area contributed by atoms with E-state index in [1.54, 1.807) is 0 Å². The van der Waals surface area contributed by atoms with Gasteiger partial charge in [-0.15, -0.1) is 0 Å². The maximum atomic E-state index is 12.7. The van der Waals surface area contributed by atoms with Crippen molar-refractivity contribution in [2.24, 2.45) is 5.92 Å². The molecule has 3 rings (SSSR count). The molecule has 3 heteroatoms. The van der Waals surface area contributed by atoms with Crippen LogP contribution >= 0.6 is 0 Å². The lowest BCUT2D eigenvalue weighted by Gasteiger charge is -2.30. The molecule has 1 fully saturated rings. The van der Waals surface area contributed by atoms with Crippen LogP contribution < -0.4 is 0 Å². The van der Waals surface area contributed by atoms with Gasteiger partial charge in [0.15, 0.2) is 0 Å². The molecule has 1 amide bonds. The minimum absolute atomic E-state index is 0.115. The van der Waals surface area contributed by atoms with Gasteiger partial charge in [-0.05, 0) is 43.2 Å². The second-order valence-electron chi connectivity index (χ2n) is 5.88. The Morgan fingerprint density at radius 2 is 2.00 bits per heavy atom. The fourth-order valence-electron chi connectivity index (χ4n) is 3.17. The van der Waals surface area contributed by atoms with Crippen LogP contribution in [-0.4, -0.2) is 23.4 Å². The zero-order chi connectivity index (χ0) is 13.9. The molecule has 1 aromatic rings. The maximum Gasteiger partial charge on any atom is 0.226 e. The normalized spacial score (nSPS) is 20.9. The summed E-state index contributed by atoms with van der Waals surface area (Å²) in [6.45, 7) is 0.609. The Labute approximate surface area is 120 Å². The van der Waals surface area contributed by atoms with E-state index in [2.05, 4.69) is 30.3 Å². The molecule has 0 radical (unpaired) electrons. The number of nitrogens with zero attached hydrogens (tertiary/aromatic N) is 2. The predicted octanol–water partition coefficient (Wildman–Crippen LogP) is 2.70. The van der Waals surface area contributed by atoms with E-state index in [4.69, 9.17) is 5.26 Å². The van der Waals surface area contributed by atoms with Gasteiger partial charge in [-0.3, -0.25) is 4.79 Å². The maximum absolute atomic E-state index is 12.7. The van der Waals surface area contributed by atoms with E-state index < -0.39 is 0 Å². The first-order valence-corrected chi connectivity index (χ1v) is 7.54. The summed E-state index contributed by atoms with van der Waals surface area (Å²) in [5, 5.41) is 8.75. The number of carbonyl (C=O) groups excluding carboxylic acids is 1. The molecule has 1 unspecified atom stereocenters. The minimum atomic E-state index is 0.115. The van der Waals surface area contributed by atoms with Crippen LogP contribution in [0.5, 0.6) is 0 Å². The van der Waals surface area contributed by atoms with Crippen LogP contribution in [0.1, 0.15) is 36.8 Å². The highest BCUT2D eigenvalue weighted by Gasteiger charge is 2.36. The Bertz CT molecular complexity index is 542. The summed E-state index contributed by atoms with van der Waals surface area (Å²) in [7, 11) is 0. The van der Waals surface area contributed by atoms with E-state index in [-0.39, 0.29) is 11.8 Å². The first-order valence-electron chi connectivity index (χ1n) is 7.54. The Morgan fingerprint density at radius 3 is 2.70 bits per heavy atom. The highest BCUT2D eigenvalue weighted by Crippen LogP contribution is 2.32. The monoisotopic (exact) mass is 268 g/mol. The van der Waals surface area contributed by atoms with Gasteiger partial charge < -0.3 is 4.90 Å². The lowest BCUT2D eigenvalue weighted by Crippen LogP contribution is -2.40. The van der Waals surface area contributed by atoms with Crippen molar-refractivity contribution in [1.82, 2.24) is 4.90 Å². The molecule has 0 aromatic heterocycles. The van der Waals surface area contributed by atoms with Crippen LogP contribution in [0.25, 0.3) is 0 Å².